The number of thiophene rings is 1. The number of anilines is 1. The molecule has 0 aliphatic heterocycles. The van der Waals surface area contributed by atoms with Crippen molar-refractivity contribution in [3.63, 3.8) is 0 Å². The molecule has 5 heteroatoms. The van der Waals surface area contributed by atoms with E-state index in [9.17, 15) is 0 Å². The lowest BCUT2D eigenvalue weighted by Gasteiger charge is -1.91. The molecule has 0 atom stereocenters. The normalized spacial score (nSPS) is 10.7. The molecule has 2 nitrogen and oxygen atoms in total. The first-order valence-corrected chi connectivity index (χ1v) is 7.42. The van der Waals surface area contributed by atoms with Gasteiger partial charge in [0.25, 0.3) is 0 Å². The van der Waals surface area contributed by atoms with Gasteiger partial charge >= 0.3 is 0 Å². The number of hydrogen-bond donors (Lipinski definition) is 1. The fourth-order valence-corrected chi connectivity index (χ4v) is 3.81. The summed E-state index contributed by atoms with van der Waals surface area (Å²) < 4.78 is 1.08. The molecular formula is C10H12N2S3. The van der Waals surface area contributed by atoms with Gasteiger partial charge in [0.2, 0.25) is 0 Å². The second-order valence-corrected chi connectivity index (χ2v) is 6.34. The van der Waals surface area contributed by atoms with E-state index in [1.807, 2.05) is 11.4 Å². The van der Waals surface area contributed by atoms with E-state index in [2.05, 4.69) is 18.0 Å². The molecule has 2 aromatic heterocycles. The quantitative estimate of drug-likeness (QED) is 0.842. The third-order valence-corrected chi connectivity index (χ3v) is 4.93. The topological polar surface area (TPSA) is 38.9 Å². The molecule has 0 amide bonds. The molecule has 15 heavy (non-hydrogen) atoms. The molecule has 0 saturated heterocycles. The average molecular weight is 256 g/mol. The summed E-state index contributed by atoms with van der Waals surface area (Å²) in [6.07, 6.45) is 1.17. The van der Waals surface area contributed by atoms with Crippen molar-refractivity contribution in [2.75, 3.05) is 11.5 Å². The van der Waals surface area contributed by atoms with Crippen LogP contribution in [-0.2, 0) is 0 Å². The van der Waals surface area contributed by atoms with Crippen LogP contribution in [0.25, 0.3) is 10.6 Å². The van der Waals surface area contributed by atoms with Crippen molar-refractivity contribution < 1.29 is 0 Å². The predicted octanol–water partition coefficient (Wildman–Crippen LogP) is 3.96. The molecule has 0 bridgehead atoms. The van der Waals surface area contributed by atoms with E-state index in [1.165, 1.54) is 6.42 Å². The summed E-state index contributed by atoms with van der Waals surface area (Å²) in [6, 6.07) is 4.09. The Morgan fingerprint density at radius 2 is 2.40 bits per heavy atom. The first-order chi connectivity index (χ1) is 7.31. The minimum Gasteiger partial charge on any atom is -0.389 e. The van der Waals surface area contributed by atoms with Crippen LogP contribution in [0.3, 0.4) is 0 Å². The van der Waals surface area contributed by atoms with E-state index in [1.54, 1.807) is 34.4 Å². The SMILES string of the molecule is CCCSc1nc(-c2cccs2)c(N)s1. The second kappa shape index (κ2) is 5.01. The lowest BCUT2D eigenvalue weighted by molar-refractivity contribution is 1.10. The first-order valence-electron chi connectivity index (χ1n) is 4.74. The summed E-state index contributed by atoms with van der Waals surface area (Å²) in [5, 5.41) is 2.88. The zero-order chi connectivity index (χ0) is 10.7. The van der Waals surface area contributed by atoms with Crippen molar-refractivity contribution in [3.05, 3.63) is 17.5 Å². The van der Waals surface area contributed by atoms with Crippen LogP contribution < -0.4 is 5.73 Å². The summed E-state index contributed by atoms with van der Waals surface area (Å²) in [6.45, 7) is 2.17. The van der Waals surface area contributed by atoms with Crippen molar-refractivity contribution in [2.45, 2.75) is 17.7 Å². The van der Waals surface area contributed by atoms with Gasteiger partial charge < -0.3 is 5.73 Å². The predicted molar refractivity (Wildman–Crippen MR) is 70.9 cm³/mol. The van der Waals surface area contributed by atoms with Gasteiger partial charge in [0, 0.05) is 5.75 Å². The molecule has 2 aromatic rings. The summed E-state index contributed by atoms with van der Waals surface area (Å²) >= 11 is 5.06. The van der Waals surface area contributed by atoms with E-state index in [0.717, 1.165) is 25.7 Å². The summed E-state index contributed by atoms with van der Waals surface area (Å²) in [5.74, 6) is 1.11. The van der Waals surface area contributed by atoms with Crippen LogP contribution in [-0.4, -0.2) is 10.7 Å². The van der Waals surface area contributed by atoms with Crippen LogP contribution in [0, 0.1) is 0 Å². The van der Waals surface area contributed by atoms with Gasteiger partial charge in [0.15, 0.2) is 4.34 Å². The number of nitrogens with two attached hydrogens (primary N) is 1. The average Bonchev–Trinajstić information content (AvgIpc) is 2.83. The zero-order valence-electron chi connectivity index (χ0n) is 8.40. The molecule has 80 valence electrons. The second-order valence-electron chi connectivity index (χ2n) is 3.02. The number of aromatic nitrogens is 1. The Labute approximate surface area is 102 Å². The Hall–Kier alpha value is -0.520. The summed E-state index contributed by atoms with van der Waals surface area (Å²) in [7, 11) is 0. The van der Waals surface area contributed by atoms with Crippen LogP contribution in [0.2, 0.25) is 0 Å². The van der Waals surface area contributed by atoms with Crippen LogP contribution in [0.15, 0.2) is 21.9 Å². The van der Waals surface area contributed by atoms with Crippen molar-refractivity contribution in [2.24, 2.45) is 0 Å². The number of nitrogen functional groups attached to an aromatic ring is 1. The molecule has 0 fully saturated rings. The Morgan fingerprint density at radius 3 is 3.07 bits per heavy atom. The molecular weight excluding hydrogens is 244 g/mol. The maximum absolute atomic E-state index is 5.95. The van der Waals surface area contributed by atoms with Crippen LogP contribution in [0.5, 0.6) is 0 Å². The number of nitrogens with zero attached hydrogens (tertiary/aromatic N) is 1. The van der Waals surface area contributed by atoms with Gasteiger partial charge in [-0.2, -0.15) is 0 Å². The lowest BCUT2D eigenvalue weighted by Crippen LogP contribution is -1.82. The van der Waals surface area contributed by atoms with Crippen molar-refractivity contribution in [1.82, 2.24) is 4.98 Å². The molecule has 2 heterocycles. The lowest BCUT2D eigenvalue weighted by atomic mass is 10.4. The molecule has 2 rings (SSSR count). The largest absolute Gasteiger partial charge is 0.389 e. The minimum absolute atomic E-state index is 0.830. The third kappa shape index (κ3) is 2.53. The highest BCUT2D eigenvalue weighted by Gasteiger charge is 2.11. The number of hydrogen-bond acceptors (Lipinski definition) is 5. The Bertz CT molecular complexity index is 420. The van der Waals surface area contributed by atoms with Crippen LogP contribution in [0.1, 0.15) is 13.3 Å². The Balaban J connectivity index is 2.22. The van der Waals surface area contributed by atoms with Crippen LogP contribution >= 0.6 is 34.4 Å². The maximum Gasteiger partial charge on any atom is 0.152 e. The third-order valence-electron chi connectivity index (χ3n) is 1.82. The summed E-state index contributed by atoms with van der Waals surface area (Å²) in [5.41, 5.74) is 6.91. The Morgan fingerprint density at radius 1 is 1.53 bits per heavy atom. The van der Waals surface area contributed by atoms with E-state index in [0.29, 0.717) is 0 Å². The van der Waals surface area contributed by atoms with Gasteiger partial charge in [-0.3, -0.25) is 0 Å². The van der Waals surface area contributed by atoms with Gasteiger partial charge in [0.05, 0.1) is 4.88 Å². The molecule has 0 aromatic carbocycles. The highest BCUT2D eigenvalue weighted by atomic mass is 32.2. The van der Waals surface area contributed by atoms with E-state index >= 15 is 0 Å². The first kappa shape index (κ1) is 11.0. The van der Waals surface area contributed by atoms with Crippen molar-refractivity contribution >= 4 is 39.4 Å². The number of thiazole rings is 1. The van der Waals surface area contributed by atoms with Gasteiger partial charge in [-0.1, -0.05) is 36.1 Å². The van der Waals surface area contributed by atoms with E-state index in [-0.39, 0.29) is 0 Å². The zero-order valence-corrected chi connectivity index (χ0v) is 10.8. The maximum atomic E-state index is 5.95. The molecule has 0 spiro atoms. The minimum atomic E-state index is 0.830. The van der Waals surface area contributed by atoms with Gasteiger partial charge in [0.1, 0.15) is 10.7 Å². The Kier molecular flexibility index (Phi) is 3.66. The monoisotopic (exact) mass is 256 g/mol. The van der Waals surface area contributed by atoms with Gasteiger partial charge in [-0.15, -0.1) is 11.3 Å². The molecule has 0 aliphatic rings. The van der Waals surface area contributed by atoms with Crippen molar-refractivity contribution in [1.29, 1.82) is 0 Å². The smallest absolute Gasteiger partial charge is 0.152 e. The van der Waals surface area contributed by atoms with Gasteiger partial charge in [-0.25, -0.2) is 4.98 Å². The fraction of sp³-hybridized carbons (Fsp3) is 0.300. The highest BCUT2D eigenvalue weighted by Crippen LogP contribution is 2.37. The molecule has 0 aliphatic carbocycles. The standard InChI is InChI=1S/C10H12N2S3/c1-2-5-14-10-12-8(9(11)15-10)7-4-3-6-13-7/h3-4,6H,2,5,11H2,1H3. The fourth-order valence-electron chi connectivity index (χ4n) is 1.15. The highest BCUT2D eigenvalue weighted by molar-refractivity contribution is 8.01. The van der Waals surface area contributed by atoms with Crippen LogP contribution in [0.4, 0.5) is 5.00 Å². The number of thioether (sulfide) groups is 1. The molecule has 2 N–H and O–H groups in total. The summed E-state index contributed by atoms with van der Waals surface area (Å²) in [4.78, 5) is 5.72. The molecule has 0 radical (unpaired) electrons. The molecule has 0 saturated carbocycles. The number of rotatable bonds is 4. The van der Waals surface area contributed by atoms with E-state index in [4.69, 9.17) is 5.73 Å². The molecule has 0 unspecified atom stereocenters. The van der Waals surface area contributed by atoms with E-state index < -0.39 is 0 Å². The van der Waals surface area contributed by atoms with Gasteiger partial charge in [-0.05, 0) is 17.9 Å². The van der Waals surface area contributed by atoms with Crippen molar-refractivity contribution in [3.8, 4) is 10.6 Å².